The maximum Gasteiger partial charge on any atom is 0.494 e. The first-order chi connectivity index (χ1) is 18.2. The monoisotopic (exact) mass is 521 g/mol. The molecule has 2 aliphatic rings. The molecule has 2 saturated heterocycles. The fraction of sp³-hybridized carbons (Fsp3) is 0.375. The highest BCUT2D eigenvalue weighted by Crippen LogP contribution is 2.39. The second-order valence-electron chi connectivity index (χ2n) is 12.9. The summed E-state index contributed by atoms with van der Waals surface area (Å²) in [5.74, 6) is 0. The lowest BCUT2D eigenvalue weighted by molar-refractivity contribution is 0.00578. The number of hydrogen-bond acceptors (Lipinski definition) is 4. The molecule has 200 valence electrons. The van der Waals surface area contributed by atoms with E-state index in [1.807, 2.05) is 6.08 Å². The molecule has 2 fully saturated rings. The van der Waals surface area contributed by atoms with Gasteiger partial charge in [0.25, 0.3) is 0 Å². The largest absolute Gasteiger partial charge is 0.494 e. The van der Waals surface area contributed by atoms with Crippen LogP contribution in [0.1, 0.15) is 61.0 Å². The quantitative estimate of drug-likeness (QED) is 0.308. The van der Waals surface area contributed by atoms with Crippen molar-refractivity contribution in [3.63, 3.8) is 0 Å². The van der Waals surface area contributed by atoms with Crippen molar-refractivity contribution in [2.45, 2.75) is 77.8 Å². The molecule has 0 radical (unpaired) electrons. The zero-order chi connectivity index (χ0) is 28.0. The van der Waals surface area contributed by atoms with Crippen molar-refractivity contribution in [2.24, 2.45) is 0 Å². The van der Waals surface area contributed by atoms with Crippen molar-refractivity contribution < 1.29 is 18.6 Å². The van der Waals surface area contributed by atoms with Gasteiger partial charge < -0.3 is 23.2 Å². The summed E-state index contributed by atoms with van der Waals surface area (Å²) < 4.78 is 27.9. The van der Waals surface area contributed by atoms with E-state index in [9.17, 15) is 0 Å². The second-order valence-corrected chi connectivity index (χ2v) is 12.9. The van der Waals surface area contributed by atoms with Gasteiger partial charge in [0, 0.05) is 16.5 Å². The molecule has 0 spiro atoms. The van der Waals surface area contributed by atoms with Gasteiger partial charge in [-0.05, 0) is 96.1 Å². The number of nitrogens with zero attached hydrogens (tertiary/aromatic N) is 1. The number of benzene rings is 3. The third kappa shape index (κ3) is 4.10. The molecular weight excluding hydrogens is 484 g/mol. The summed E-state index contributed by atoms with van der Waals surface area (Å²) in [6.45, 7) is 20.6. The first-order valence-electron chi connectivity index (χ1n) is 13.8. The van der Waals surface area contributed by atoms with Gasteiger partial charge in [-0.1, -0.05) is 49.1 Å². The first kappa shape index (κ1) is 26.4. The van der Waals surface area contributed by atoms with Crippen molar-refractivity contribution in [1.82, 2.24) is 4.57 Å². The zero-order valence-corrected chi connectivity index (χ0v) is 24.3. The molecule has 1 aromatic heterocycles. The van der Waals surface area contributed by atoms with E-state index >= 15 is 0 Å². The minimum atomic E-state index is -0.434. The van der Waals surface area contributed by atoms with Crippen LogP contribution in [0.15, 0.2) is 67.2 Å². The first-order valence-corrected chi connectivity index (χ1v) is 13.8. The number of hydrogen-bond donors (Lipinski definition) is 0. The van der Waals surface area contributed by atoms with Gasteiger partial charge in [-0.25, -0.2) is 0 Å². The van der Waals surface area contributed by atoms with Crippen LogP contribution in [0.4, 0.5) is 0 Å². The lowest BCUT2D eigenvalue weighted by Crippen LogP contribution is -2.41. The van der Waals surface area contributed by atoms with Crippen molar-refractivity contribution in [2.75, 3.05) is 0 Å². The zero-order valence-electron chi connectivity index (χ0n) is 24.3. The van der Waals surface area contributed by atoms with Crippen LogP contribution >= 0.6 is 0 Å². The standard InChI is InChI=1S/C32H37B2NO4/c1-10-21-11-15-24(16-12-21)35-27-17-13-22(33-36-29(2,3)30(4,5)37-33)19-25(27)26-20-23(14-18-28(26)35)34-38-31(6,7)32(8,9)39-34/h10-20H,1H2,2-9H3. The van der Waals surface area contributed by atoms with Crippen molar-refractivity contribution in [3.05, 3.63) is 72.8 Å². The third-order valence-electron chi connectivity index (χ3n) is 9.25. The fourth-order valence-electron chi connectivity index (χ4n) is 5.35. The minimum Gasteiger partial charge on any atom is -0.399 e. The molecule has 3 aromatic carbocycles. The average Bonchev–Trinajstić information content (AvgIpc) is 3.40. The predicted octanol–water partition coefficient (Wildman–Crippen LogP) is 6.03. The van der Waals surface area contributed by atoms with E-state index in [1.54, 1.807) is 0 Å². The number of aromatic nitrogens is 1. The Hall–Kier alpha value is -2.83. The Balaban J connectivity index is 1.53. The summed E-state index contributed by atoms with van der Waals surface area (Å²) in [5.41, 5.74) is 4.79. The Bertz CT molecular complexity index is 1480. The van der Waals surface area contributed by atoms with E-state index in [0.29, 0.717) is 0 Å². The van der Waals surface area contributed by atoms with E-state index in [0.717, 1.165) is 44.0 Å². The van der Waals surface area contributed by atoms with Crippen LogP contribution in [0.5, 0.6) is 0 Å². The van der Waals surface area contributed by atoms with Gasteiger partial charge in [0.05, 0.1) is 33.4 Å². The summed E-state index contributed by atoms with van der Waals surface area (Å²) in [5, 5.41) is 2.26. The van der Waals surface area contributed by atoms with Crippen LogP contribution in [0.3, 0.4) is 0 Å². The van der Waals surface area contributed by atoms with Crippen molar-refractivity contribution >= 4 is 53.0 Å². The van der Waals surface area contributed by atoms with E-state index in [-0.39, 0.29) is 0 Å². The van der Waals surface area contributed by atoms with Gasteiger partial charge >= 0.3 is 14.2 Å². The van der Waals surface area contributed by atoms with Gasteiger partial charge in [-0.3, -0.25) is 0 Å². The molecule has 0 unspecified atom stereocenters. The van der Waals surface area contributed by atoms with E-state index < -0.39 is 36.6 Å². The van der Waals surface area contributed by atoms with E-state index in [4.69, 9.17) is 18.6 Å². The van der Waals surface area contributed by atoms with Crippen LogP contribution in [-0.2, 0) is 18.6 Å². The van der Waals surface area contributed by atoms with Crippen LogP contribution in [0.2, 0.25) is 0 Å². The predicted molar refractivity (Wildman–Crippen MR) is 162 cm³/mol. The van der Waals surface area contributed by atoms with Gasteiger partial charge in [-0.2, -0.15) is 0 Å². The molecule has 3 heterocycles. The molecule has 0 amide bonds. The maximum absolute atomic E-state index is 6.40. The Kier molecular flexibility index (Phi) is 5.81. The molecule has 0 bridgehead atoms. The molecular formula is C32H37B2NO4. The van der Waals surface area contributed by atoms with E-state index in [2.05, 4.69) is 127 Å². The maximum atomic E-state index is 6.40. The second kappa shape index (κ2) is 8.58. The van der Waals surface area contributed by atoms with Crippen LogP contribution in [0.25, 0.3) is 33.6 Å². The smallest absolute Gasteiger partial charge is 0.399 e. The Morgan fingerprint density at radius 1 is 0.590 bits per heavy atom. The van der Waals surface area contributed by atoms with Gasteiger partial charge in [-0.15, -0.1) is 0 Å². The van der Waals surface area contributed by atoms with Crippen LogP contribution < -0.4 is 10.9 Å². The van der Waals surface area contributed by atoms with Gasteiger partial charge in [0.2, 0.25) is 0 Å². The molecule has 0 saturated carbocycles. The molecule has 2 aliphatic heterocycles. The van der Waals surface area contributed by atoms with Crippen molar-refractivity contribution in [3.8, 4) is 5.69 Å². The lowest BCUT2D eigenvalue weighted by atomic mass is 9.77. The third-order valence-corrected chi connectivity index (χ3v) is 9.25. The summed E-state index contributed by atoms with van der Waals surface area (Å²) >= 11 is 0. The molecule has 39 heavy (non-hydrogen) atoms. The Labute approximate surface area is 232 Å². The number of rotatable bonds is 4. The Morgan fingerprint density at radius 3 is 1.33 bits per heavy atom. The molecule has 6 rings (SSSR count). The number of fused-ring (bicyclic) bond motifs is 3. The van der Waals surface area contributed by atoms with Gasteiger partial charge in [0.15, 0.2) is 0 Å². The Morgan fingerprint density at radius 2 is 0.974 bits per heavy atom. The fourth-order valence-corrected chi connectivity index (χ4v) is 5.35. The molecule has 7 heteroatoms. The van der Waals surface area contributed by atoms with Crippen LogP contribution in [-0.4, -0.2) is 41.2 Å². The highest BCUT2D eigenvalue weighted by Gasteiger charge is 2.53. The average molecular weight is 521 g/mol. The molecule has 5 nitrogen and oxygen atoms in total. The van der Waals surface area contributed by atoms with Gasteiger partial charge in [0.1, 0.15) is 0 Å². The van der Waals surface area contributed by atoms with E-state index in [1.165, 1.54) is 0 Å². The molecule has 0 atom stereocenters. The summed E-state index contributed by atoms with van der Waals surface area (Å²) in [4.78, 5) is 0. The molecule has 0 aliphatic carbocycles. The van der Waals surface area contributed by atoms with Crippen molar-refractivity contribution in [1.29, 1.82) is 0 Å². The molecule has 0 N–H and O–H groups in total. The summed E-state index contributed by atoms with van der Waals surface area (Å²) in [6.07, 6.45) is 1.86. The molecule has 4 aromatic rings. The highest BCUT2D eigenvalue weighted by atomic mass is 16.7. The normalized spacial score (nSPS) is 21.2. The highest BCUT2D eigenvalue weighted by molar-refractivity contribution is 6.63. The SMILES string of the molecule is C=Cc1ccc(-n2c3ccc(B4OC(C)(C)C(C)(C)O4)cc3c3cc(B4OC(C)(C)C(C)(C)O4)ccc32)cc1. The topological polar surface area (TPSA) is 41.9 Å². The lowest BCUT2D eigenvalue weighted by Gasteiger charge is -2.32. The minimum absolute atomic E-state index is 0.405. The summed E-state index contributed by atoms with van der Waals surface area (Å²) in [7, 11) is -0.869. The van der Waals surface area contributed by atoms with Crippen LogP contribution in [0, 0.1) is 0 Å². The summed E-state index contributed by atoms with van der Waals surface area (Å²) in [6, 6.07) is 21.5.